The lowest BCUT2D eigenvalue weighted by Gasteiger charge is -2.02. The standard InChI is InChI=1S/C14H12N4S/c1-2-12-13(19-14(17)18-12)6-9-3-4-10(7-15)11(5-9)8-16/h3-5H,2,6H2,1H3,(H2,17,18). The van der Waals surface area contributed by atoms with Crippen LogP contribution in [0.1, 0.15) is 34.2 Å². The quantitative estimate of drug-likeness (QED) is 0.927. The molecular weight excluding hydrogens is 256 g/mol. The molecule has 0 atom stereocenters. The summed E-state index contributed by atoms with van der Waals surface area (Å²) in [6, 6.07) is 9.37. The van der Waals surface area contributed by atoms with Gasteiger partial charge in [-0.05, 0) is 24.1 Å². The van der Waals surface area contributed by atoms with E-state index in [1.807, 2.05) is 25.1 Å². The molecule has 0 radical (unpaired) electrons. The largest absolute Gasteiger partial charge is 0.375 e. The number of hydrogen-bond donors (Lipinski definition) is 1. The molecule has 5 heteroatoms. The third-order valence-electron chi connectivity index (χ3n) is 2.82. The topological polar surface area (TPSA) is 86.5 Å². The van der Waals surface area contributed by atoms with Crippen LogP contribution in [0.2, 0.25) is 0 Å². The van der Waals surface area contributed by atoms with Crippen LogP contribution in [0.3, 0.4) is 0 Å². The van der Waals surface area contributed by atoms with Crippen molar-refractivity contribution in [3.63, 3.8) is 0 Å². The van der Waals surface area contributed by atoms with Crippen molar-refractivity contribution in [1.82, 2.24) is 4.98 Å². The van der Waals surface area contributed by atoms with Crippen LogP contribution in [-0.4, -0.2) is 4.98 Å². The number of benzene rings is 1. The van der Waals surface area contributed by atoms with Crippen LogP contribution in [-0.2, 0) is 12.8 Å². The molecule has 1 aromatic heterocycles. The van der Waals surface area contributed by atoms with E-state index in [1.165, 1.54) is 11.3 Å². The van der Waals surface area contributed by atoms with Crippen molar-refractivity contribution >= 4 is 16.5 Å². The summed E-state index contributed by atoms with van der Waals surface area (Å²) in [6.45, 7) is 2.04. The number of anilines is 1. The Hall–Kier alpha value is -2.37. The number of aromatic nitrogens is 1. The molecule has 4 nitrogen and oxygen atoms in total. The molecule has 19 heavy (non-hydrogen) atoms. The molecule has 94 valence electrons. The van der Waals surface area contributed by atoms with Gasteiger partial charge in [-0.15, -0.1) is 11.3 Å². The predicted octanol–water partition coefficient (Wildman–Crippen LogP) is 2.62. The van der Waals surface area contributed by atoms with Gasteiger partial charge < -0.3 is 5.73 Å². The number of nitrogen functional groups attached to an aromatic ring is 1. The molecule has 0 bridgehead atoms. The lowest BCUT2D eigenvalue weighted by Crippen LogP contribution is -1.93. The Bertz CT molecular complexity index is 688. The molecule has 1 heterocycles. The van der Waals surface area contributed by atoms with Crippen LogP contribution in [0.4, 0.5) is 5.13 Å². The lowest BCUT2D eigenvalue weighted by molar-refractivity contribution is 1.02. The fraction of sp³-hybridized carbons (Fsp3) is 0.214. The molecule has 0 unspecified atom stereocenters. The van der Waals surface area contributed by atoms with Crippen LogP contribution in [0.5, 0.6) is 0 Å². The zero-order chi connectivity index (χ0) is 13.8. The maximum Gasteiger partial charge on any atom is 0.180 e. The average Bonchev–Trinajstić information content (AvgIpc) is 2.78. The van der Waals surface area contributed by atoms with Gasteiger partial charge in [-0.1, -0.05) is 13.0 Å². The predicted molar refractivity (Wildman–Crippen MR) is 74.6 cm³/mol. The van der Waals surface area contributed by atoms with E-state index in [9.17, 15) is 0 Å². The Labute approximate surface area is 115 Å². The monoisotopic (exact) mass is 268 g/mol. The smallest absolute Gasteiger partial charge is 0.180 e. The van der Waals surface area contributed by atoms with E-state index in [2.05, 4.69) is 4.98 Å². The Kier molecular flexibility index (Phi) is 3.79. The van der Waals surface area contributed by atoms with Gasteiger partial charge in [0.1, 0.15) is 12.1 Å². The van der Waals surface area contributed by atoms with Gasteiger partial charge in [-0.2, -0.15) is 10.5 Å². The summed E-state index contributed by atoms with van der Waals surface area (Å²) in [5, 5.41) is 18.5. The van der Waals surface area contributed by atoms with Crippen LogP contribution >= 0.6 is 11.3 Å². The number of nitrogens with zero attached hydrogens (tertiary/aromatic N) is 3. The second-order valence-corrected chi connectivity index (χ2v) is 5.17. The van der Waals surface area contributed by atoms with Crippen molar-refractivity contribution in [2.24, 2.45) is 0 Å². The van der Waals surface area contributed by atoms with Crippen molar-refractivity contribution in [2.45, 2.75) is 19.8 Å². The van der Waals surface area contributed by atoms with E-state index in [1.54, 1.807) is 12.1 Å². The molecule has 0 aliphatic rings. The minimum absolute atomic E-state index is 0.408. The summed E-state index contributed by atoms with van der Waals surface area (Å²) in [5.74, 6) is 0. The Balaban J connectivity index is 2.34. The Morgan fingerprint density at radius 1 is 1.26 bits per heavy atom. The van der Waals surface area contributed by atoms with Crippen LogP contribution in [0, 0.1) is 22.7 Å². The number of aryl methyl sites for hydroxylation is 1. The molecule has 2 rings (SSSR count). The van der Waals surface area contributed by atoms with Gasteiger partial charge in [-0.3, -0.25) is 0 Å². The van der Waals surface area contributed by atoms with Crippen LogP contribution in [0.25, 0.3) is 0 Å². The minimum Gasteiger partial charge on any atom is -0.375 e. The molecule has 0 amide bonds. The van der Waals surface area contributed by atoms with E-state index >= 15 is 0 Å². The maximum absolute atomic E-state index is 9.01. The third kappa shape index (κ3) is 2.73. The molecule has 0 spiro atoms. The summed E-state index contributed by atoms with van der Waals surface area (Å²) in [5.41, 5.74) is 8.54. The minimum atomic E-state index is 0.408. The molecule has 1 aromatic carbocycles. The summed E-state index contributed by atoms with van der Waals surface area (Å²) in [6.07, 6.45) is 1.53. The Morgan fingerprint density at radius 3 is 2.63 bits per heavy atom. The first kappa shape index (κ1) is 13.1. The highest BCUT2D eigenvalue weighted by atomic mass is 32.1. The van der Waals surface area contributed by atoms with E-state index < -0.39 is 0 Å². The average molecular weight is 268 g/mol. The molecule has 0 saturated heterocycles. The zero-order valence-corrected chi connectivity index (χ0v) is 11.3. The fourth-order valence-corrected chi connectivity index (χ4v) is 2.85. The first-order chi connectivity index (χ1) is 9.17. The molecule has 0 aliphatic carbocycles. The summed E-state index contributed by atoms with van der Waals surface area (Å²) in [7, 11) is 0. The van der Waals surface area contributed by atoms with E-state index in [-0.39, 0.29) is 0 Å². The molecule has 0 fully saturated rings. The summed E-state index contributed by atoms with van der Waals surface area (Å²) < 4.78 is 0. The van der Waals surface area contributed by atoms with Crippen molar-refractivity contribution in [3.8, 4) is 12.1 Å². The van der Waals surface area contributed by atoms with Gasteiger partial charge in [0.15, 0.2) is 5.13 Å². The highest BCUT2D eigenvalue weighted by Crippen LogP contribution is 2.24. The SMILES string of the molecule is CCc1nc(N)sc1Cc1ccc(C#N)c(C#N)c1. The first-order valence-corrected chi connectivity index (χ1v) is 6.66. The van der Waals surface area contributed by atoms with E-state index in [4.69, 9.17) is 16.3 Å². The highest BCUT2D eigenvalue weighted by molar-refractivity contribution is 7.15. The maximum atomic E-state index is 9.01. The Morgan fingerprint density at radius 2 is 2.00 bits per heavy atom. The van der Waals surface area contributed by atoms with Gasteiger partial charge in [0.2, 0.25) is 0 Å². The van der Waals surface area contributed by atoms with Gasteiger partial charge in [-0.25, -0.2) is 4.98 Å². The summed E-state index contributed by atoms with van der Waals surface area (Å²) >= 11 is 1.48. The third-order valence-corrected chi connectivity index (χ3v) is 3.75. The van der Waals surface area contributed by atoms with Gasteiger partial charge in [0.05, 0.1) is 16.8 Å². The molecule has 2 N–H and O–H groups in total. The molecule has 0 saturated carbocycles. The molecule has 2 aromatic rings. The lowest BCUT2D eigenvalue weighted by atomic mass is 10.0. The molecule has 0 aliphatic heterocycles. The van der Waals surface area contributed by atoms with E-state index in [0.717, 1.165) is 22.6 Å². The number of nitrogens with two attached hydrogens (primary N) is 1. The second-order valence-electron chi connectivity index (χ2n) is 4.06. The van der Waals surface area contributed by atoms with Crippen molar-refractivity contribution in [3.05, 3.63) is 45.5 Å². The van der Waals surface area contributed by atoms with E-state index in [0.29, 0.717) is 22.7 Å². The number of hydrogen-bond acceptors (Lipinski definition) is 5. The number of rotatable bonds is 3. The number of nitriles is 2. The second kappa shape index (κ2) is 5.51. The van der Waals surface area contributed by atoms with Crippen molar-refractivity contribution < 1.29 is 0 Å². The number of thiazole rings is 1. The summed E-state index contributed by atoms with van der Waals surface area (Å²) in [4.78, 5) is 5.40. The van der Waals surface area contributed by atoms with Crippen LogP contribution < -0.4 is 5.73 Å². The van der Waals surface area contributed by atoms with Gasteiger partial charge in [0.25, 0.3) is 0 Å². The van der Waals surface area contributed by atoms with Crippen molar-refractivity contribution in [1.29, 1.82) is 10.5 Å². The highest BCUT2D eigenvalue weighted by Gasteiger charge is 2.10. The fourth-order valence-electron chi connectivity index (χ4n) is 1.89. The van der Waals surface area contributed by atoms with Crippen LogP contribution in [0.15, 0.2) is 18.2 Å². The van der Waals surface area contributed by atoms with Gasteiger partial charge >= 0.3 is 0 Å². The normalized spacial score (nSPS) is 9.84. The van der Waals surface area contributed by atoms with Crippen molar-refractivity contribution in [2.75, 3.05) is 5.73 Å². The zero-order valence-electron chi connectivity index (χ0n) is 10.5. The first-order valence-electron chi connectivity index (χ1n) is 5.85. The van der Waals surface area contributed by atoms with Gasteiger partial charge in [0, 0.05) is 11.3 Å². The molecular formula is C14H12N4S.